The fourth-order valence-corrected chi connectivity index (χ4v) is 2.35. The minimum atomic E-state index is -0.0326. The molecule has 1 N–H and O–H groups in total. The lowest BCUT2D eigenvalue weighted by Gasteiger charge is -2.39. The quantitative estimate of drug-likeness (QED) is 0.869. The van der Waals surface area contributed by atoms with Crippen LogP contribution in [-0.2, 0) is 11.3 Å². The zero-order chi connectivity index (χ0) is 12.3. The molecule has 1 aromatic heterocycles. The Morgan fingerprint density at radius 1 is 1.53 bits per heavy atom. The predicted octanol–water partition coefficient (Wildman–Crippen LogP) is 1.79. The number of hydrogen-bond donors (Lipinski definition) is 1. The van der Waals surface area contributed by atoms with Gasteiger partial charge in [-0.3, -0.25) is 9.88 Å². The summed E-state index contributed by atoms with van der Waals surface area (Å²) in [5.74, 6) is 0.217. The fraction of sp³-hybridized carbons (Fsp3) is 0.615. The van der Waals surface area contributed by atoms with Gasteiger partial charge in [-0.15, -0.1) is 0 Å². The topological polar surface area (TPSA) is 45.6 Å². The molecule has 2 rings (SSSR count). The summed E-state index contributed by atoms with van der Waals surface area (Å²) in [6.07, 6.45) is 3.76. The average molecular weight is 236 g/mol. The highest BCUT2D eigenvalue weighted by molar-refractivity contribution is 5.17. The molecule has 1 aliphatic rings. The summed E-state index contributed by atoms with van der Waals surface area (Å²) in [7, 11) is 1.78. The van der Waals surface area contributed by atoms with Gasteiger partial charge in [-0.05, 0) is 38.4 Å². The van der Waals surface area contributed by atoms with Crippen LogP contribution in [0.15, 0.2) is 18.3 Å². The third-order valence-electron chi connectivity index (χ3n) is 3.43. The maximum atomic E-state index is 9.19. The summed E-state index contributed by atoms with van der Waals surface area (Å²) < 4.78 is 5.56. The Morgan fingerprint density at radius 3 is 3.00 bits per heavy atom. The van der Waals surface area contributed by atoms with Crippen LogP contribution in [0.25, 0.3) is 0 Å². The maximum absolute atomic E-state index is 9.19. The van der Waals surface area contributed by atoms with Crippen molar-refractivity contribution >= 4 is 0 Å². The minimum Gasteiger partial charge on any atom is -0.506 e. The molecule has 1 saturated heterocycles. The molecule has 0 aliphatic carbocycles. The van der Waals surface area contributed by atoms with Gasteiger partial charge in [-0.2, -0.15) is 0 Å². The van der Waals surface area contributed by atoms with Gasteiger partial charge in [-0.25, -0.2) is 0 Å². The Hall–Kier alpha value is -1.13. The van der Waals surface area contributed by atoms with Crippen LogP contribution < -0.4 is 0 Å². The molecule has 0 bridgehead atoms. The molecule has 0 aromatic carbocycles. The maximum Gasteiger partial charge on any atom is 0.133 e. The summed E-state index contributed by atoms with van der Waals surface area (Å²) in [5, 5.41) is 9.19. The molecule has 1 unspecified atom stereocenters. The smallest absolute Gasteiger partial charge is 0.133 e. The first-order valence-electron chi connectivity index (χ1n) is 6.03. The summed E-state index contributed by atoms with van der Waals surface area (Å²) in [6.45, 7) is 5.00. The van der Waals surface area contributed by atoms with E-state index in [1.54, 1.807) is 13.2 Å². The van der Waals surface area contributed by atoms with Gasteiger partial charge in [0.2, 0.25) is 0 Å². The molecule has 1 aliphatic heterocycles. The van der Waals surface area contributed by atoms with Crippen molar-refractivity contribution in [3.8, 4) is 5.75 Å². The van der Waals surface area contributed by atoms with Crippen LogP contribution in [0.5, 0.6) is 5.75 Å². The Kier molecular flexibility index (Phi) is 3.64. The summed E-state index contributed by atoms with van der Waals surface area (Å²) in [6, 6.07) is 3.55. The molecule has 1 atom stereocenters. The number of nitrogens with zero attached hydrogens (tertiary/aromatic N) is 2. The second kappa shape index (κ2) is 5.02. The third kappa shape index (κ3) is 3.17. The van der Waals surface area contributed by atoms with Crippen LogP contribution in [0, 0.1) is 0 Å². The highest BCUT2D eigenvalue weighted by atomic mass is 16.5. The van der Waals surface area contributed by atoms with E-state index < -0.39 is 0 Å². The van der Waals surface area contributed by atoms with Gasteiger partial charge in [0.1, 0.15) is 5.75 Å². The van der Waals surface area contributed by atoms with E-state index in [4.69, 9.17) is 4.74 Å². The molecule has 4 heteroatoms. The van der Waals surface area contributed by atoms with Gasteiger partial charge in [-0.1, -0.05) is 0 Å². The van der Waals surface area contributed by atoms with Crippen molar-refractivity contribution in [2.75, 3.05) is 20.2 Å². The second-order valence-corrected chi connectivity index (χ2v) is 4.98. The van der Waals surface area contributed by atoms with Crippen molar-refractivity contribution in [2.45, 2.75) is 31.9 Å². The lowest BCUT2D eigenvalue weighted by molar-refractivity contribution is -0.0529. The standard InChI is InChI=1S/C13H20N2O2/c1-13(17-2)6-3-7-15(10-13)9-11-4-5-12(16)8-14-11/h4-5,8,16H,3,6-7,9-10H2,1-2H3. The summed E-state index contributed by atoms with van der Waals surface area (Å²) in [5.41, 5.74) is 0.956. The molecular weight excluding hydrogens is 216 g/mol. The van der Waals surface area contributed by atoms with Crippen molar-refractivity contribution in [3.05, 3.63) is 24.0 Å². The zero-order valence-electron chi connectivity index (χ0n) is 10.5. The number of likely N-dealkylation sites (tertiary alicyclic amines) is 1. The van der Waals surface area contributed by atoms with Crippen LogP contribution in [0.1, 0.15) is 25.5 Å². The van der Waals surface area contributed by atoms with E-state index in [-0.39, 0.29) is 11.4 Å². The zero-order valence-corrected chi connectivity index (χ0v) is 10.5. The third-order valence-corrected chi connectivity index (χ3v) is 3.43. The average Bonchev–Trinajstić information content (AvgIpc) is 2.32. The predicted molar refractivity (Wildman–Crippen MR) is 65.8 cm³/mol. The van der Waals surface area contributed by atoms with Crippen LogP contribution in [0.2, 0.25) is 0 Å². The Bertz CT molecular complexity index is 366. The van der Waals surface area contributed by atoms with Crippen molar-refractivity contribution in [2.24, 2.45) is 0 Å². The molecule has 1 fully saturated rings. The van der Waals surface area contributed by atoms with Crippen molar-refractivity contribution < 1.29 is 9.84 Å². The van der Waals surface area contributed by atoms with E-state index >= 15 is 0 Å². The number of ether oxygens (including phenoxy) is 1. The number of aromatic nitrogens is 1. The van der Waals surface area contributed by atoms with Crippen LogP contribution in [-0.4, -0.2) is 40.8 Å². The van der Waals surface area contributed by atoms with E-state index in [0.717, 1.165) is 38.2 Å². The summed E-state index contributed by atoms with van der Waals surface area (Å²) in [4.78, 5) is 6.57. The van der Waals surface area contributed by atoms with Gasteiger partial charge < -0.3 is 9.84 Å². The molecular formula is C13H20N2O2. The Labute approximate surface area is 102 Å². The first-order chi connectivity index (χ1) is 8.11. The number of rotatable bonds is 3. The molecule has 1 aromatic rings. The van der Waals surface area contributed by atoms with Crippen LogP contribution >= 0.6 is 0 Å². The highest BCUT2D eigenvalue weighted by Gasteiger charge is 2.30. The normalized spacial score (nSPS) is 26.0. The number of aromatic hydroxyl groups is 1. The van der Waals surface area contributed by atoms with Gasteiger partial charge in [0.15, 0.2) is 0 Å². The molecule has 94 valence electrons. The van der Waals surface area contributed by atoms with Gasteiger partial charge >= 0.3 is 0 Å². The van der Waals surface area contributed by atoms with E-state index in [1.165, 1.54) is 6.20 Å². The van der Waals surface area contributed by atoms with Gasteiger partial charge in [0.05, 0.1) is 17.5 Å². The van der Waals surface area contributed by atoms with Crippen LogP contribution in [0.3, 0.4) is 0 Å². The molecule has 4 nitrogen and oxygen atoms in total. The van der Waals surface area contributed by atoms with Gasteiger partial charge in [0, 0.05) is 20.2 Å². The number of pyridine rings is 1. The number of hydrogen-bond acceptors (Lipinski definition) is 4. The number of piperidine rings is 1. The summed E-state index contributed by atoms with van der Waals surface area (Å²) >= 11 is 0. The largest absolute Gasteiger partial charge is 0.506 e. The fourth-order valence-electron chi connectivity index (χ4n) is 2.35. The Balaban J connectivity index is 1.97. The first-order valence-corrected chi connectivity index (χ1v) is 6.03. The minimum absolute atomic E-state index is 0.0326. The van der Waals surface area contributed by atoms with Crippen LogP contribution in [0.4, 0.5) is 0 Å². The van der Waals surface area contributed by atoms with Crippen molar-refractivity contribution in [3.63, 3.8) is 0 Å². The van der Waals surface area contributed by atoms with E-state index in [2.05, 4.69) is 16.8 Å². The SMILES string of the molecule is COC1(C)CCCN(Cc2ccc(O)cn2)C1. The molecule has 17 heavy (non-hydrogen) atoms. The van der Waals surface area contributed by atoms with E-state index in [0.29, 0.717) is 0 Å². The molecule has 0 spiro atoms. The van der Waals surface area contributed by atoms with Gasteiger partial charge in [0.25, 0.3) is 0 Å². The first kappa shape index (κ1) is 12.3. The molecule has 0 amide bonds. The molecule has 0 saturated carbocycles. The van der Waals surface area contributed by atoms with Crippen molar-refractivity contribution in [1.82, 2.24) is 9.88 Å². The molecule has 0 radical (unpaired) electrons. The Morgan fingerprint density at radius 2 is 2.35 bits per heavy atom. The number of methoxy groups -OCH3 is 1. The lowest BCUT2D eigenvalue weighted by atomic mass is 9.94. The second-order valence-electron chi connectivity index (χ2n) is 4.98. The van der Waals surface area contributed by atoms with E-state index in [1.807, 2.05) is 6.07 Å². The monoisotopic (exact) mass is 236 g/mol. The lowest BCUT2D eigenvalue weighted by Crippen LogP contribution is -2.46. The highest BCUT2D eigenvalue weighted by Crippen LogP contribution is 2.24. The molecule has 2 heterocycles. The van der Waals surface area contributed by atoms with E-state index in [9.17, 15) is 5.11 Å². The van der Waals surface area contributed by atoms with Crippen molar-refractivity contribution in [1.29, 1.82) is 0 Å².